The number of aliphatic hydroxyl groups excluding tert-OH is 8. The largest absolute Gasteiger partial charge is 0.368 e. The standard InChI is InChI=1S/8C3H8O2.Ti.Zr/c8*1-3(4)5-2;;/h8*3-4H,1-2H3;;. The molecule has 0 saturated heterocycles. The van der Waals surface area contributed by atoms with Crippen molar-refractivity contribution in [3.05, 3.63) is 0 Å². The molecule has 0 rings (SSSR count). The molecule has 0 bridgehead atoms. The molecular weight excluding hydrogens is 683 g/mol. The van der Waals surface area contributed by atoms with Crippen molar-refractivity contribution in [2.24, 2.45) is 0 Å². The first-order chi connectivity index (χ1) is 18.2. The summed E-state index contributed by atoms with van der Waals surface area (Å²) >= 11 is 0. The van der Waals surface area contributed by atoms with Gasteiger partial charge in [-0.25, -0.2) is 0 Å². The van der Waals surface area contributed by atoms with Crippen molar-refractivity contribution in [3.8, 4) is 0 Å². The second-order valence-corrected chi connectivity index (χ2v) is 6.68. The van der Waals surface area contributed by atoms with Crippen LogP contribution in [0.5, 0.6) is 0 Å². The number of hydrogen-bond donors (Lipinski definition) is 8. The average molecular weight is 748 g/mol. The van der Waals surface area contributed by atoms with Gasteiger partial charge in [0.25, 0.3) is 0 Å². The van der Waals surface area contributed by atoms with E-state index in [1.54, 1.807) is 55.4 Å². The zero-order valence-corrected chi connectivity index (χ0v) is 32.5. The maximum atomic E-state index is 8.14. The Kier molecular flexibility index (Phi) is 107. The molecule has 0 radical (unpaired) electrons. The second kappa shape index (κ2) is 64.8. The molecular formula is C24H64O16TiZr. The van der Waals surface area contributed by atoms with Gasteiger partial charge < -0.3 is 78.7 Å². The first kappa shape index (κ1) is 69.6. The molecule has 0 saturated carbocycles. The van der Waals surface area contributed by atoms with Crippen LogP contribution in [0.2, 0.25) is 0 Å². The van der Waals surface area contributed by atoms with E-state index in [4.69, 9.17) is 40.9 Å². The van der Waals surface area contributed by atoms with Crippen LogP contribution in [0, 0.1) is 0 Å². The zero-order valence-electron chi connectivity index (χ0n) is 28.5. The normalized spacial score (nSPS) is 14.3. The van der Waals surface area contributed by atoms with Crippen LogP contribution >= 0.6 is 0 Å². The Morgan fingerprint density at radius 1 is 0.262 bits per heavy atom. The zero-order chi connectivity index (χ0) is 34.3. The Morgan fingerprint density at radius 2 is 0.286 bits per heavy atom. The first-order valence-corrected chi connectivity index (χ1v) is 11.8. The van der Waals surface area contributed by atoms with Crippen molar-refractivity contribution >= 4 is 0 Å². The van der Waals surface area contributed by atoms with Crippen LogP contribution in [0.3, 0.4) is 0 Å². The molecule has 0 aliphatic rings. The molecule has 0 aromatic carbocycles. The molecule has 0 amide bonds. The smallest absolute Gasteiger partial charge is 0.151 e. The van der Waals surface area contributed by atoms with E-state index < -0.39 is 50.3 Å². The summed E-state index contributed by atoms with van der Waals surface area (Å²) in [7, 11) is 11.6. The molecule has 0 aromatic heterocycles. The van der Waals surface area contributed by atoms with Gasteiger partial charge in [0.1, 0.15) is 0 Å². The van der Waals surface area contributed by atoms with Crippen molar-refractivity contribution < 1.29 is 127 Å². The third-order valence-electron chi connectivity index (χ3n) is 2.73. The van der Waals surface area contributed by atoms with Crippen molar-refractivity contribution in [1.82, 2.24) is 0 Å². The van der Waals surface area contributed by atoms with Crippen molar-refractivity contribution in [3.63, 3.8) is 0 Å². The summed E-state index contributed by atoms with van der Waals surface area (Å²) in [6.07, 6.45) is -4.93. The summed E-state index contributed by atoms with van der Waals surface area (Å²) in [6, 6.07) is 0. The number of hydrogen-bond acceptors (Lipinski definition) is 16. The van der Waals surface area contributed by atoms with Gasteiger partial charge in [-0.05, 0) is 55.4 Å². The van der Waals surface area contributed by atoms with E-state index in [0.717, 1.165) is 0 Å². The van der Waals surface area contributed by atoms with Gasteiger partial charge in [-0.2, -0.15) is 0 Å². The van der Waals surface area contributed by atoms with E-state index >= 15 is 0 Å². The van der Waals surface area contributed by atoms with E-state index in [2.05, 4.69) is 37.9 Å². The third-order valence-corrected chi connectivity index (χ3v) is 2.73. The summed E-state index contributed by atoms with van der Waals surface area (Å²) in [5.41, 5.74) is 0. The molecule has 18 heteroatoms. The van der Waals surface area contributed by atoms with Gasteiger partial charge in [-0.1, -0.05) is 0 Å². The fourth-order valence-electron chi connectivity index (χ4n) is 0. The Morgan fingerprint density at radius 3 is 0.286 bits per heavy atom. The van der Waals surface area contributed by atoms with Crippen LogP contribution < -0.4 is 0 Å². The molecule has 42 heavy (non-hydrogen) atoms. The molecule has 0 aliphatic heterocycles. The van der Waals surface area contributed by atoms with Crippen molar-refractivity contribution in [2.45, 2.75) is 106 Å². The SMILES string of the molecule is COC(C)O.COC(C)O.COC(C)O.COC(C)O.COC(C)O.COC(C)O.COC(C)O.COC(C)O.[Ti].[Zr]. The number of ether oxygens (including phenoxy) is 8. The molecule has 0 heterocycles. The van der Waals surface area contributed by atoms with Gasteiger partial charge >= 0.3 is 0 Å². The molecule has 8 atom stereocenters. The molecule has 16 nitrogen and oxygen atoms in total. The van der Waals surface area contributed by atoms with Crippen LogP contribution in [0.1, 0.15) is 55.4 Å². The summed E-state index contributed by atoms with van der Waals surface area (Å²) in [5.74, 6) is 0. The predicted octanol–water partition coefficient (Wildman–Crippen LogP) is -0.236. The summed E-state index contributed by atoms with van der Waals surface area (Å²) < 4.78 is 34.4. The molecule has 0 aromatic rings. The molecule has 8 unspecified atom stereocenters. The fraction of sp³-hybridized carbons (Fsp3) is 1.00. The number of aliphatic hydroxyl groups is 8. The Bertz CT molecular complexity index is 260. The van der Waals surface area contributed by atoms with Crippen LogP contribution in [0.25, 0.3) is 0 Å². The van der Waals surface area contributed by atoms with Crippen LogP contribution in [-0.2, 0) is 85.8 Å². The van der Waals surface area contributed by atoms with E-state index in [9.17, 15) is 0 Å². The molecule has 0 fully saturated rings. The second-order valence-electron chi connectivity index (χ2n) is 6.68. The fourth-order valence-corrected chi connectivity index (χ4v) is 0. The van der Waals surface area contributed by atoms with Gasteiger partial charge in [0.05, 0.1) is 0 Å². The van der Waals surface area contributed by atoms with Crippen LogP contribution in [0.15, 0.2) is 0 Å². The summed E-state index contributed by atoms with van der Waals surface area (Å²) in [6.45, 7) is 12.4. The maximum absolute atomic E-state index is 8.14. The Hall–Kier alpha value is 0.957. The minimum absolute atomic E-state index is 0. The van der Waals surface area contributed by atoms with Gasteiger partial charge in [0, 0.05) is 105 Å². The minimum Gasteiger partial charge on any atom is -0.368 e. The summed E-state index contributed by atoms with van der Waals surface area (Å²) in [5, 5.41) is 65.1. The van der Waals surface area contributed by atoms with Crippen LogP contribution in [0.4, 0.5) is 0 Å². The van der Waals surface area contributed by atoms with E-state index in [1.807, 2.05) is 0 Å². The molecule has 0 aliphatic carbocycles. The van der Waals surface area contributed by atoms with Gasteiger partial charge in [0.15, 0.2) is 50.3 Å². The maximum Gasteiger partial charge on any atom is 0.151 e. The van der Waals surface area contributed by atoms with E-state index in [-0.39, 0.29) is 47.9 Å². The van der Waals surface area contributed by atoms with Gasteiger partial charge in [-0.3, -0.25) is 0 Å². The van der Waals surface area contributed by atoms with E-state index in [0.29, 0.717) is 0 Å². The molecule has 264 valence electrons. The molecule has 8 N–H and O–H groups in total. The average Bonchev–Trinajstić information content (AvgIpc) is 2.90. The van der Waals surface area contributed by atoms with E-state index in [1.165, 1.54) is 56.9 Å². The topological polar surface area (TPSA) is 236 Å². The van der Waals surface area contributed by atoms with Gasteiger partial charge in [0.2, 0.25) is 0 Å². The summed E-state index contributed by atoms with van der Waals surface area (Å²) in [4.78, 5) is 0. The Labute approximate surface area is 288 Å². The Balaban J connectivity index is -0.0000000346. The quantitative estimate of drug-likeness (QED) is 0.118. The minimum atomic E-state index is -0.616. The first-order valence-electron chi connectivity index (χ1n) is 11.8. The predicted molar refractivity (Wildman–Crippen MR) is 150 cm³/mol. The third kappa shape index (κ3) is 227. The molecule has 0 spiro atoms. The van der Waals surface area contributed by atoms with Crippen molar-refractivity contribution in [2.75, 3.05) is 56.9 Å². The monoisotopic (exact) mass is 746 g/mol. The number of methoxy groups -OCH3 is 8. The van der Waals surface area contributed by atoms with Gasteiger partial charge in [-0.15, -0.1) is 0 Å². The van der Waals surface area contributed by atoms with Crippen molar-refractivity contribution in [1.29, 1.82) is 0 Å². The number of rotatable bonds is 8. The van der Waals surface area contributed by atoms with Crippen LogP contribution in [-0.4, -0.2) is 148 Å².